The Balaban J connectivity index is 1.73. The lowest BCUT2D eigenvalue weighted by Gasteiger charge is -2.53. The molecule has 0 radical (unpaired) electrons. The van der Waals surface area contributed by atoms with Gasteiger partial charge in [0.05, 0.1) is 42.0 Å². The highest BCUT2D eigenvalue weighted by molar-refractivity contribution is 5.72. The maximum absolute atomic E-state index is 14.0. The molecule has 3 aliphatic heterocycles. The molecule has 15 nitrogen and oxygen atoms in total. The highest BCUT2D eigenvalue weighted by Gasteiger charge is 2.58. The Morgan fingerprint density at radius 1 is 0.945 bits per heavy atom. The number of carbonyl (C=O) groups excluding carboxylic acids is 1. The first kappa shape index (κ1) is 46.6. The summed E-state index contributed by atoms with van der Waals surface area (Å²) >= 11 is 0. The van der Waals surface area contributed by atoms with E-state index in [-0.39, 0.29) is 37.6 Å². The molecule has 15 heteroatoms. The molecule has 0 bridgehead atoms. The van der Waals surface area contributed by atoms with Crippen molar-refractivity contribution < 1.29 is 58.7 Å². The number of hydrogen-bond donors (Lipinski definition) is 7. The van der Waals surface area contributed by atoms with Gasteiger partial charge in [-0.15, -0.1) is 0 Å². The van der Waals surface area contributed by atoms with E-state index in [4.69, 9.17) is 28.4 Å². The highest BCUT2D eigenvalue weighted by atomic mass is 16.7. The van der Waals surface area contributed by atoms with Gasteiger partial charge in [-0.3, -0.25) is 4.79 Å². The summed E-state index contributed by atoms with van der Waals surface area (Å²) in [6.45, 7) is 16.6. The maximum atomic E-state index is 14.0. The minimum Gasteiger partial charge on any atom is -0.462 e. The normalized spacial score (nSPS) is 48.5. The second kappa shape index (κ2) is 18.5. The summed E-state index contributed by atoms with van der Waals surface area (Å²) in [4.78, 5) is 15.9. The van der Waals surface area contributed by atoms with Crippen molar-refractivity contribution in [1.82, 2.24) is 15.5 Å². The van der Waals surface area contributed by atoms with Crippen LogP contribution in [0.25, 0.3) is 0 Å². The SMILES string of the molecule is CO[C@]1(C)C[C@H](O[C@@H]2[C@@H](C)[C@@H](O[C@@H]3O[C@H](C)C[C@H](N(C)C)[C@H]3O)[C@](C)(O)C[C@@H](C)NC[C@@H](C)[C@H](O)[C@](C)(O)COC(=O)[C@@H]2C)O[C@@H](C)[C@@]1(O)CNCC1CC1. The zero-order valence-electron chi connectivity index (χ0n) is 35.5. The third kappa shape index (κ3) is 11.0. The van der Waals surface area contributed by atoms with Crippen molar-refractivity contribution in [3.05, 3.63) is 0 Å². The van der Waals surface area contributed by atoms with Crippen LogP contribution < -0.4 is 10.6 Å². The number of rotatable bonds is 10. The molecular weight excluding hydrogens is 714 g/mol. The third-order valence-corrected chi connectivity index (χ3v) is 13.0. The van der Waals surface area contributed by atoms with Gasteiger partial charge in [0, 0.05) is 44.6 Å². The van der Waals surface area contributed by atoms with Gasteiger partial charge >= 0.3 is 5.97 Å². The van der Waals surface area contributed by atoms with Crippen molar-refractivity contribution in [2.24, 2.45) is 23.7 Å². The third-order valence-electron chi connectivity index (χ3n) is 13.0. The molecule has 0 aromatic rings. The summed E-state index contributed by atoms with van der Waals surface area (Å²) in [7, 11) is 5.31. The Kier molecular flexibility index (Phi) is 15.7. The number of aliphatic hydroxyl groups is 5. The van der Waals surface area contributed by atoms with Gasteiger partial charge in [0.1, 0.15) is 29.5 Å². The number of carbonyl (C=O) groups is 1. The molecule has 4 aliphatic rings. The molecule has 4 fully saturated rings. The second-order valence-corrected chi connectivity index (χ2v) is 18.5. The van der Waals surface area contributed by atoms with Crippen LogP contribution in [0.2, 0.25) is 0 Å². The summed E-state index contributed by atoms with van der Waals surface area (Å²) in [5, 5.41) is 65.2. The first-order valence-corrected chi connectivity index (χ1v) is 20.4. The van der Waals surface area contributed by atoms with Gasteiger partial charge in [0.2, 0.25) is 0 Å². The fourth-order valence-corrected chi connectivity index (χ4v) is 8.94. The number of aliphatic hydroxyl groups excluding tert-OH is 2. The van der Waals surface area contributed by atoms with Crippen molar-refractivity contribution in [3.63, 3.8) is 0 Å². The lowest BCUT2D eigenvalue weighted by Crippen LogP contribution is -2.70. The Bertz CT molecular complexity index is 1240. The van der Waals surface area contributed by atoms with Crippen LogP contribution in [-0.2, 0) is 33.2 Å². The number of esters is 1. The van der Waals surface area contributed by atoms with Gasteiger partial charge in [-0.25, -0.2) is 0 Å². The summed E-state index contributed by atoms with van der Waals surface area (Å²) in [6, 6.07) is -0.575. The molecule has 7 N–H and O–H groups in total. The van der Waals surface area contributed by atoms with Crippen LogP contribution >= 0.6 is 0 Å². The minimum atomic E-state index is -1.76. The number of likely N-dealkylation sites (N-methyl/N-ethyl adjacent to an activating group) is 1. The van der Waals surface area contributed by atoms with Gasteiger partial charge in [0.15, 0.2) is 12.6 Å². The quantitative estimate of drug-likeness (QED) is 0.155. The molecular formula is C40H75N3O12. The van der Waals surface area contributed by atoms with Crippen LogP contribution in [0.15, 0.2) is 0 Å². The number of cyclic esters (lactones) is 1. The van der Waals surface area contributed by atoms with Crippen molar-refractivity contribution in [1.29, 1.82) is 0 Å². The molecule has 0 amide bonds. The van der Waals surface area contributed by atoms with Crippen LogP contribution in [-0.4, -0.2) is 168 Å². The Morgan fingerprint density at radius 3 is 2.20 bits per heavy atom. The smallest absolute Gasteiger partial charge is 0.311 e. The van der Waals surface area contributed by atoms with Crippen molar-refractivity contribution in [2.45, 2.75) is 178 Å². The van der Waals surface area contributed by atoms with Gasteiger partial charge in [-0.2, -0.15) is 0 Å². The van der Waals surface area contributed by atoms with E-state index in [1.54, 1.807) is 34.8 Å². The van der Waals surface area contributed by atoms with E-state index in [1.807, 2.05) is 46.7 Å². The molecule has 0 aromatic heterocycles. The Labute approximate surface area is 329 Å². The molecule has 3 saturated heterocycles. The van der Waals surface area contributed by atoms with Gasteiger partial charge in [0.25, 0.3) is 0 Å². The number of hydrogen-bond acceptors (Lipinski definition) is 15. The molecule has 17 atom stereocenters. The zero-order valence-corrected chi connectivity index (χ0v) is 35.5. The first-order valence-electron chi connectivity index (χ1n) is 20.4. The standard InChI is InChI=1S/C40H75N3O12/c1-22-18-42-23(2)16-37(7,47)34(55-36-31(44)29(43(10)11)15-24(3)52-36)25(4)32(26(5)35(46)51-21-38(8,48)33(22)45)54-30-17-39(9,50-12)40(49,27(6)53-30)20-41-19-28-13-14-28/h22-34,36,41-42,44-45,47-49H,13-21H2,1-12H3/t22-,23-,24-,25-,26-,27+,29+,30+,31-,32-,33+,34-,36+,37-,38-,39-,40+/m1/s1. The van der Waals surface area contributed by atoms with E-state index < -0.39 is 95.8 Å². The second-order valence-electron chi connectivity index (χ2n) is 18.5. The lowest BCUT2D eigenvalue weighted by molar-refractivity contribution is -0.336. The van der Waals surface area contributed by atoms with E-state index in [9.17, 15) is 30.3 Å². The molecule has 322 valence electrons. The zero-order chi connectivity index (χ0) is 41.3. The molecule has 3 heterocycles. The summed E-state index contributed by atoms with van der Waals surface area (Å²) in [5.74, 6) is -2.31. The number of nitrogens with one attached hydrogen (secondary N) is 2. The highest BCUT2D eigenvalue weighted by Crippen LogP contribution is 2.43. The predicted molar refractivity (Wildman–Crippen MR) is 205 cm³/mol. The minimum absolute atomic E-state index is 0.106. The summed E-state index contributed by atoms with van der Waals surface area (Å²) in [6.07, 6.45) is -4.31. The van der Waals surface area contributed by atoms with Crippen LogP contribution in [0.3, 0.4) is 0 Å². The molecule has 55 heavy (non-hydrogen) atoms. The van der Waals surface area contributed by atoms with Gasteiger partial charge < -0.3 is 69.5 Å². The predicted octanol–water partition coefficient (Wildman–Crippen LogP) is 1.15. The Hall–Kier alpha value is -1.05. The van der Waals surface area contributed by atoms with Crippen LogP contribution in [0.5, 0.6) is 0 Å². The number of methoxy groups -OCH3 is 1. The van der Waals surface area contributed by atoms with E-state index >= 15 is 0 Å². The number of ether oxygens (including phenoxy) is 6. The molecule has 0 spiro atoms. The average molecular weight is 790 g/mol. The van der Waals surface area contributed by atoms with E-state index in [2.05, 4.69) is 10.6 Å². The van der Waals surface area contributed by atoms with Gasteiger partial charge in [-0.05, 0) is 107 Å². The summed E-state index contributed by atoms with van der Waals surface area (Å²) < 4.78 is 37.9. The van der Waals surface area contributed by atoms with Crippen LogP contribution in [0, 0.1) is 23.7 Å². The lowest BCUT2D eigenvalue weighted by atomic mass is 9.75. The van der Waals surface area contributed by atoms with Crippen molar-refractivity contribution in [2.75, 3.05) is 47.4 Å². The average Bonchev–Trinajstić information content (AvgIpc) is 3.93. The largest absolute Gasteiger partial charge is 0.462 e. The van der Waals surface area contributed by atoms with Crippen molar-refractivity contribution >= 4 is 5.97 Å². The Morgan fingerprint density at radius 2 is 1.60 bits per heavy atom. The topological polar surface area (TPSA) is 201 Å². The fourth-order valence-electron chi connectivity index (χ4n) is 8.94. The maximum Gasteiger partial charge on any atom is 0.311 e. The number of nitrogens with zero attached hydrogens (tertiary/aromatic N) is 1. The van der Waals surface area contributed by atoms with Gasteiger partial charge in [-0.1, -0.05) is 13.8 Å². The molecule has 4 rings (SSSR count). The van der Waals surface area contributed by atoms with Crippen LogP contribution in [0.4, 0.5) is 0 Å². The van der Waals surface area contributed by atoms with Crippen LogP contribution in [0.1, 0.15) is 94.4 Å². The first-order chi connectivity index (χ1) is 25.5. The molecule has 1 saturated carbocycles. The molecule has 0 aromatic carbocycles. The van der Waals surface area contributed by atoms with E-state index in [1.165, 1.54) is 19.8 Å². The molecule has 0 unspecified atom stereocenters. The van der Waals surface area contributed by atoms with E-state index in [0.717, 1.165) is 6.54 Å². The fraction of sp³-hybridized carbons (Fsp3) is 0.975. The monoisotopic (exact) mass is 790 g/mol. The van der Waals surface area contributed by atoms with Crippen molar-refractivity contribution in [3.8, 4) is 0 Å². The molecule has 1 aliphatic carbocycles. The summed E-state index contributed by atoms with van der Waals surface area (Å²) in [5.41, 5.74) is -5.88. The van der Waals surface area contributed by atoms with E-state index in [0.29, 0.717) is 18.9 Å².